The van der Waals surface area contributed by atoms with Crippen LogP contribution in [0.3, 0.4) is 0 Å². The lowest BCUT2D eigenvalue weighted by atomic mass is 10.2. The van der Waals surface area contributed by atoms with Gasteiger partial charge in [-0.15, -0.1) is 0 Å². The maximum atomic E-state index is 5.76. The Kier molecular flexibility index (Phi) is 6.74. The van der Waals surface area contributed by atoms with E-state index in [1.807, 2.05) is 37.4 Å². The molecule has 1 aliphatic heterocycles. The molecule has 27 heavy (non-hydrogen) atoms. The fraction of sp³-hybridized carbons (Fsp3) is 0.318. The summed E-state index contributed by atoms with van der Waals surface area (Å²) < 4.78 is 5.76. The van der Waals surface area contributed by atoms with Gasteiger partial charge in [0.1, 0.15) is 12.4 Å². The van der Waals surface area contributed by atoms with Crippen LogP contribution in [0.25, 0.3) is 0 Å². The zero-order chi connectivity index (χ0) is 18.9. The van der Waals surface area contributed by atoms with Crippen LogP contribution in [0.4, 0.5) is 5.69 Å². The lowest BCUT2D eigenvalue weighted by Crippen LogP contribution is -2.40. The molecule has 0 saturated carbocycles. The van der Waals surface area contributed by atoms with Crippen molar-refractivity contribution in [2.75, 3.05) is 45.2 Å². The van der Waals surface area contributed by atoms with Gasteiger partial charge in [0.15, 0.2) is 5.96 Å². The molecule has 1 aliphatic rings. The highest BCUT2D eigenvalue weighted by atomic mass is 16.5. The molecule has 3 rings (SSSR count). The van der Waals surface area contributed by atoms with E-state index in [4.69, 9.17) is 4.74 Å². The molecule has 2 aromatic carbocycles. The van der Waals surface area contributed by atoms with E-state index in [-0.39, 0.29) is 0 Å². The normalized spacial score (nSPS) is 13.7. The summed E-state index contributed by atoms with van der Waals surface area (Å²) >= 11 is 0. The zero-order valence-electron chi connectivity index (χ0n) is 16.1. The number of nitrogens with zero attached hydrogens (tertiary/aromatic N) is 3. The van der Waals surface area contributed by atoms with Gasteiger partial charge in [0.05, 0.1) is 6.54 Å². The number of anilines is 1. The van der Waals surface area contributed by atoms with Crippen LogP contribution in [0.1, 0.15) is 5.56 Å². The maximum absolute atomic E-state index is 5.76. The average molecular weight is 364 g/mol. The fourth-order valence-corrected chi connectivity index (χ4v) is 3.00. The van der Waals surface area contributed by atoms with E-state index in [9.17, 15) is 0 Å². The largest absolute Gasteiger partial charge is 0.492 e. The number of hydrogen-bond acceptors (Lipinski definition) is 3. The Bertz CT molecular complexity index is 748. The standard InChI is InChI=1S/C22H28N4O/c1-23-22(25(2)16-17-27-21-8-4-3-5-9-21)24-18-19-10-12-20(13-11-19)26-14-6-7-15-26/h3-13H,14-18H2,1-2H3,(H,23,24). The van der Waals surface area contributed by atoms with Gasteiger partial charge in [-0.05, 0) is 29.8 Å². The minimum atomic E-state index is 0.611. The van der Waals surface area contributed by atoms with Crippen LogP contribution in [-0.2, 0) is 6.54 Å². The summed E-state index contributed by atoms with van der Waals surface area (Å²) in [5.41, 5.74) is 2.50. The van der Waals surface area contributed by atoms with E-state index in [2.05, 4.69) is 56.5 Å². The number of nitrogens with one attached hydrogen (secondary N) is 1. The molecule has 0 amide bonds. The molecule has 1 N–H and O–H groups in total. The lowest BCUT2D eigenvalue weighted by Gasteiger charge is -2.22. The summed E-state index contributed by atoms with van der Waals surface area (Å²) in [7, 11) is 3.83. The average Bonchev–Trinajstić information content (AvgIpc) is 3.25. The molecule has 0 radical (unpaired) electrons. The number of hydrogen-bond donors (Lipinski definition) is 1. The molecular formula is C22H28N4O. The van der Waals surface area contributed by atoms with Crippen molar-refractivity contribution in [3.05, 3.63) is 72.3 Å². The number of ether oxygens (including phenoxy) is 1. The molecular weight excluding hydrogens is 336 g/mol. The fourth-order valence-electron chi connectivity index (χ4n) is 3.00. The van der Waals surface area contributed by atoms with Gasteiger partial charge in [0.2, 0.25) is 0 Å². The van der Waals surface area contributed by atoms with Crippen molar-refractivity contribution >= 4 is 11.6 Å². The molecule has 0 atom stereocenters. The van der Waals surface area contributed by atoms with Gasteiger partial charge in [-0.1, -0.05) is 42.5 Å². The number of aliphatic imine (C=N–C) groups is 1. The highest BCUT2D eigenvalue weighted by Crippen LogP contribution is 2.17. The Morgan fingerprint density at radius 2 is 1.78 bits per heavy atom. The van der Waals surface area contributed by atoms with Crippen LogP contribution in [0.2, 0.25) is 0 Å². The van der Waals surface area contributed by atoms with E-state index in [1.54, 1.807) is 7.05 Å². The molecule has 5 heteroatoms. The van der Waals surface area contributed by atoms with Gasteiger partial charge in [0.25, 0.3) is 0 Å². The Labute approximate surface area is 162 Å². The molecule has 0 aliphatic carbocycles. The summed E-state index contributed by atoms with van der Waals surface area (Å²) in [6.07, 6.45) is 4.41. The molecule has 0 aromatic heterocycles. The molecule has 0 saturated heterocycles. The Hall–Kier alpha value is -2.95. The van der Waals surface area contributed by atoms with Crippen molar-refractivity contribution in [1.82, 2.24) is 10.2 Å². The van der Waals surface area contributed by atoms with Crippen molar-refractivity contribution in [2.24, 2.45) is 4.99 Å². The summed E-state index contributed by atoms with van der Waals surface area (Å²) in [4.78, 5) is 8.79. The highest BCUT2D eigenvalue weighted by Gasteiger charge is 2.08. The van der Waals surface area contributed by atoms with Crippen molar-refractivity contribution in [3.8, 4) is 5.75 Å². The number of guanidine groups is 1. The number of likely N-dealkylation sites (N-methyl/N-ethyl adjacent to an activating group) is 1. The molecule has 1 heterocycles. The van der Waals surface area contributed by atoms with E-state index in [1.165, 1.54) is 11.3 Å². The predicted molar refractivity (Wildman–Crippen MR) is 113 cm³/mol. The highest BCUT2D eigenvalue weighted by molar-refractivity contribution is 5.79. The first-order chi connectivity index (χ1) is 13.3. The summed E-state index contributed by atoms with van der Waals surface area (Å²) in [6.45, 7) is 4.12. The topological polar surface area (TPSA) is 40.1 Å². The van der Waals surface area contributed by atoms with Crippen molar-refractivity contribution in [1.29, 1.82) is 0 Å². The van der Waals surface area contributed by atoms with Gasteiger partial charge < -0.3 is 19.9 Å². The first-order valence-corrected chi connectivity index (χ1v) is 9.35. The van der Waals surface area contributed by atoms with Crippen molar-refractivity contribution < 1.29 is 4.74 Å². The van der Waals surface area contributed by atoms with Crippen molar-refractivity contribution in [3.63, 3.8) is 0 Å². The third-order valence-corrected chi connectivity index (χ3v) is 4.58. The van der Waals surface area contributed by atoms with E-state index >= 15 is 0 Å². The summed E-state index contributed by atoms with van der Waals surface area (Å²) in [5, 5.41) is 3.42. The van der Waals surface area contributed by atoms with E-state index < -0.39 is 0 Å². The first-order valence-electron chi connectivity index (χ1n) is 9.35. The molecule has 142 valence electrons. The molecule has 0 fully saturated rings. The minimum Gasteiger partial charge on any atom is -0.492 e. The molecule has 0 unspecified atom stereocenters. The van der Waals surface area contributed by atoms with Gasteiger partial charge in [0, 0.05) is 39.4 Å². The van der Waals surface area contributed by atoms with Gasteiger partial charge in [-0.3, -0.25) is 4.99 Å². The quantitative estimate of drug-likeness (QED) is 0.465. The van der Waals surface area contributed by atoms with Crippen LogP contribution < -0.4 is 15.0 Å². The SMILES string of the molecule is CN=C(NCc1ccc(N2CC=CC2)cc1)N(C)CCOc1ccccc1. The second kappa shape index (κ2) is 9.67. The molecule has 0 bridgehead atoms. The molecule has 0 spiro atoms. The predicted octanol–water partition coefficient (Wildman–Crippen LogP) is 3.15. The number of benzene rings is 2. The molecule has 5 nitrogen and oxygen atoms in total. The second-order valence-corrected chi connectivity index (χ2v) is 6.53. The Balaban J connectivity index is 1.43. The van der Waals surface area contributed by atoms with Crippen LogP contribution in [0, 0.1) is 0 Å². The van der Waals surface area contributed by atoms with Crippen LogP contribution in [0.15, 0.2) is 71.7 Å². The maximum Gasteiger partial charge on any atom is 0.193 e. The zero-order valence-corrected chi connectivity index (χ0v) is 16.1. The smallest absolute Gasteiger partial charge is 0.193 e. The lowest BCUT2D eigenvalue weighted by molar-refractivity contribution is 0.281. The van der Waals surface area contributed by atoms with Crippen LogP contribution in [-0.4, -0.2) is 51.2 Å². The van der Waals surface area contributed by atoms with Crippen molar-refractivity contribution in [2.45, 2.75) is 6.54 Å². The van der Waals surface area contributed by atoms with Gasteiger partial charge in [-0.25, -0.2) is 0 Å². The molecule has 2 aromatic rings. The van der Waals surface area contributed by atoms with Crippen LogP contribution in [0.5, 0.6) is 5.75 Å². The van der Waals surface area contributed by atoms with E-state index in [0.29, 0.717) is 6.61 Å². The second-order valence-electron chi connectivity index (χ2n) is 6.53. The number of para-hydroxylation sites is 1. The summed E-state index contributed by atoms with van der Waals surface area (Å²) in [6, 6.07) is 18.6. The van der Waals surface area contributed by atoms with E-state index in [0.717, 1.165) is 37.9 Å². The monoisotopic (exact) mass is 364 g/mol. The number of rotatable bonds is 7. The van der Waals surface area contributed by atoms with Gasteiger partial charge in [-0.2, -0.15) is 0 Å². The van der Waals surface area contributed by atoms with Gasteiger partial charge >= 0.3 is 0 Å². The Morgan fingerprint density at radius 1 is 1.07 bits per heavy atom. The first kappa shape index (κ1) is 18.8. The summed E-state index contributed by atoms with van der Waals surface area (Å²) in [5.74, 6) is 1.75. The third kappa shape index (κ3) is 5.51. The Morgan fingerprint density at radius 3 is 2.44 bits per heavy atom. The van der Waals surface area contributed by atoms with Crippen LogP contribution >= 0.6 is 0 Å². The minimum absolute atomic E-state index is 0.611. The third-order valence-electron chi connectivity index (χ3n) is 4.58.